The maximum atomic E-state index is 14.1. The number of hydrogen-bond donors (Lipinski definition) is 1. The number of fused-ring (bicyclic) bond motifs is 1. The van der Waals surface area contributed by atoms with E-state index < -0.39 is 6.04 Å². The van der Waals surface area contributed by atoms with Crippen LogP contribution in [0, 0.1) is 5.82 Å². The molecule has 0 saturated heterocycles. The molecular weight excluding hydrogens is 317 g/mol. The number of hydrogen-bond acceptors (Lipinski definition) is 1. The molecule has 3 rings (SSSR count). The molecule has 3 aromatic carbocycles. The van der Waals surface area contributed by atoms with Crippen molar-refractivity contribution in [1.82, 2.24) is 0 Å². The van der Waals surface area contributed by atoms with Gasteiger partial charge in [0.1, 0.15) is 5.82 Å². The summed E-state index contributed by atoms with van der Waals surface area (Å²) in [4.78, 5) is 0. The minimum Gasteiger partial charge on any atom is -0.320 e. The Morgan fingerprint density at radius 3 is 2.45 bits per heavy atom. The highest BCUT2D eigenvalue weighted by Gasteiger charge is 2.15. The molecule has 100 valence electrons. The lowest BCUT2D eigenvalue weighted by Crippen LogP contribution is -2.14. The summed E-state index contributed by atoms with van der Waals surface area (Å²) in [6, 6.07) is 18.4. The normalized spacial score (nSPS) is 12.6. The second-order valence-corrected chi connectivity index (χ2v) is 5.63. The van der Waals surface area contributed by atoms with E-state index in [0.29, 0.717) is 10.0 Å². The third kappa shape index (κ3) is 2.35. The Bertz CT molecular complexity index is 765. The summed E-state index contributed by atoms with van der Waals surface area (Å²) in [6.45, 7) is 0. The fourth-order valence-electron chi connectivity index (χ4n) is 2.44. The summed E-state index contributed by atoms with van der Waals surface area (Å²) in [7, 11) is 0. The molecule has 3 heteroatoms. The van der Waals surface area contributed by atoms with Crippen molar-refractivity contribution >= 4 is 26.7 Å². The lowest BCUT2D eigenvalue weighted by Gasteiger charge is -2.16. The van der Waals surface area contributed by atoms with E-state index in [9.17, 15) is 4.39 Å². The van der Waals surface area contributed by atoms with Crippen LogP contribution in [0.5, 0.6) is 0 Å². The summed E-state index contributed by atoms with van der Waals surface area (Å²) in [5.74, 6) is -0.292. The first-order chi connectivity index (χ1) is 9.66. The Balaban J connectivity index is 2.15. The molecule has 2 N–H and O–H groups in total. The van der Waals surface area contributed by atoms with Gasteiger partial charge < -0.3 is 5.73 Å². The Morgan fingerprint density at radius 1 is 0.900 bits per heavy atom. The largest absolute Gasteiger partial charge is 0.320 e. The molecule has 0 spiro atoms. The molecule has 0 aliphatic rings. The molecule has 0 aromatic heterocycles. The fraction of sp³-hybridized carbons (Fsp3) is 0.0588. The number of benzene rings is 3. The van der Waals surface area contributed by atoms with Gasteiger partial charge in [-0.1, -0.05) is 64.5 Å². The molecule has 1 nitrogen and oxygen atoms in total. The molecule has 3 aromatic rings. The van der Waals surface area contributed by atoms with E-state index in [0.717, 1.165) is 16.3 Å². The Kier molecular flexibility index (Phi) is 3.55. The molecule has 1 atom stereocenters. The summed E-state index contributed by atoms with van der Waals surface area (Å²) >= 11 is 3.26. The van der Waals surface area contributed by atoms with Crippen LogP contribution in [0.15, 0.2) is 65.1 Å². The number of rotatable bonds is 2. The van der Waals surface area contributed by atoms with Crippen LogP contribution in [-0.4, -0.2) is 0 Å². The summed E-state index contributed by atoms with van der Waals surface area (Å²) in [5, 5.41) is 2.17. The third-order valence-electron chi connectivity index (χ3n) is 3.46. The highest BCUT2D eigenvalue weighted by molar-refractivity contribution is 9.10. The van der Waals surface area contributed by atoms with Gasteiger partial charge in [0.05, 0.1) is 6.04 Å². The Morgan fingerprint density at radius 2 is 1.65 bits per heavy atom. The van der Waals surface area contributed by atoms with Crippen molar-refractivity contribution in [3.63, 3.8) is 0 Å². The highest BCUT2D eigenvalue weighted by atomic mass is 79.9. The van der Waals surface area contributed by atoms with E-state index in [1.165, 1.54) is 6.07 Å². The molecule has 0 radical (unpaired) electrons. The van der Waals surface area contributed by atoms with Gasteiger partial charge in [0, 0.05) is 10.0 Å². The first-order valence-corrected chi connectivity index (χ1v) is 7.14. The molecular formula is C17H13BrFN. The van der Waals surface area contributed by atoms with Gasteiger partial charge in [-0.25, -0.2) is 4.39 Å². The highest BCUT2D eigenvalue weighted by Crippen LogP contribution is 2.29. The topological polar surface area (TPSA) is 26.0 Å². The number of nitrogens with two attached hydrogens (primary N) is 1. The molecule has 0 bridgehead atoms. The summed E-state index contributed by atoms with van der Waals surface area (Å²) in [6.07, 6.45) is 0. The van der Waals surface area contributed by atoms with Crippen LogP contribution >= 0.6 is 15.9 Å². The molecule has 0 fully saturated rings. The average molecular weight is 330 g/mol. The van der Waals surface area contributed by atoms with Gasteiger partial charge in [0.15, 0.2) is 0 Å². The maximum Gasteiger partial charge on any atom is 0.129 e. The van der Waals surface area contributed by atoms with Crippen molar-refractivity contribution in [1.29, 1.82) is 0 Å². The minimum atomic E-state index is -0.478. The quantitative estimate of drug-likeness (QED) is 0.718. The molecule has 0 saturated carbocycles. The number of halogens is 2. The Hall–Kier alpha value is -1.71. The van der Waals surface area contributed by atoms with Gasteiger partial charge in [-0.15, -0.1) is 0 Å². The van der Waals surface area contributed by atoms with Crippen molar-refractivity contribution in [3.8, 4) is 0 Å². The average Bonchev–Trinajstić information content (AvgIpc) is 2.46. The van der Waals surface area contributed by atoms with E-state index in [1.54, 1.807) is 6.07 Å². The summed E-state index contributed by atoms with van der Waals surface area (Å²) < 4.78 is 14.8. The zero-order valence-corrected chi connectivity index (χ0v) is 12.3. The molecule has 0 aliphatic heterocycles. The fourth-order valence-corrected chi connectivity index (χ4v) is 2.78. The molecule has 0 aliphatic carbocycles. The first-order valence-electron chi connectivity index (χ1n) is 6.35. The monoisotopic (exact) mass is 329 g/mol. The third-order valence-corrected chi connectivity index (χ3v) is 3.95. The zero-order chi connectivity index (χ0) is 14.1. The van der Waals surface area contributed by atoms with Crippen LogP contribution < -0.4 is 5.73 Å². The van der Waals surface area contributed by atoms with Crippen LogP contribution in [-0.2, 0) is 0 Å². The van der Waals surface area contributed by atoms with E-state index in [2.05, 4.69) is 15.9 Å². The predicted molar refractivity (Wildman–Crippen MR) is 84.1 cm³/mol. The second-order valence-electron chi connectivity index (χ2n) is 4.71. The SMILES string of the molecule is NC(c1ccc(Br)cc1F)c1cccc2ccccc12. The second kappa shape index (κ2) is 5.35. The molecule has 0 heterocycles. The van der Waals surface area contributed by atoms with Gasteiger partial charge in [0.2, 0.25) is 0 Å². The van der Waals surface area contributed by atoms with Gasteiger partial charge in [-0.3, -0.25) is 0 Å². The maximum absolute atomic E-state index is 14.1. The van der Waals surface area contributed by atoms with Crippen molar-refractivity contribution < 1.29 is 4.39 Å². The van der Waals surface area contributed by atoms with E-state index in [1.807, 2.05) is 48.5 Å². The van der Waals surface area contributed by atoms with Gasteiger partial charge in [0.25, 0.3) is 0 Å². The predicted octanol–water partition coefficient (Wildman–Crippen LogP) is 4.79. The van der Waals surface area contributed by atoms with Gasteiger partial charge >= 0.3 is 0 Å². The van der Waals surface area contributed by atoms with Crippen LogP contribution in [0.3, 0.4) is 0 Å². The van der Waals surface area contributed by atoms with Crippen LogP contribution in [0.1, 0.15) is 17.2 Å². The zero-order valence-electron chi connectivity index (χ0n) is 10.7. The standard InChI is InChI=1S/C17H13BrFN/c18-12-8-9-15(16(19)10-12)17(20)14-7-3-5-11-4-1-2-6-13(11)14/h1-10,17H,20H2. The van der Waals surface area contributed by atoms with Crippen LogP contribution in [0.2, 0.25) is 0 Å². The lowest BCUT2D eigenvalue weighted by atomic mass is 9.94. The van der Waals surface area contributed by atoms with E-state index in [4.69, 9.17) is 5.73 Å². The molecule has 20 heavy (non-hydrogen) atoms. The van der Waals surface area contributed by atoms with Crippen molar-refractivity contribution in [2.45, 2.75) is 6.04 Å². The molecule has 0 amide bonds. The smallest absolute Gasteiger partial charge is 0.129 e. The summed E-state index contributed by atoms with van der Waals surface area (Å²) in [5.41, 5.74) is 7.72. The minimum absolute atomic E-state index is 0.292. The molecule has 1 unspecified atom stereocenters. The van der Waals surface area contributed by atoms with E-state index in [-0.39, 0.29) is 5.82 Å². The van der Waals surface area contributed by atoms with Crippen molar-refractivity contribution in [3.05, 3.63) is 82.1 Å². The van der Waals surface area contributed by atoms with Crippen LogP contribution in [0.25, 0.3) is 10.8 Å². The van der Waals surface area contributed by atoms with Gasteiger partial charge in [-0.05, 0) is 28.5 Å². The Labute approximate surface area is 125 Å². The lowest BCUT2D eigenvalue weighted by molar-refractivity contribution is 0.599. The van der Waals surface area contributed by atoms with E-state index >= 15 is 0 Å². The first kappa shape index (κ1) is 13.3. The van der Waals surface area contributed by atoms with Crippen molar-refractivity contribution in [2.75, 3.05) is 0 Å². The van der Waals surface area contributed by atoms with Gasteiger partial charge in [-0.2, -0.15) is 0 Å². The van der Waals surface area contributed by atoms with Crippen molar-refractivity contribution in [2.24, 2.45) is 5.73 Å². The van der Waals surface area contributed by atoms with Crippen LogP contribution in [0.4, 0.5) is 4.39 Å².